The van der Waals surface area contributed by atoms with Crippen LogP contribution in [0.4, 0.5) is 15.3 Å². The SMILES string of the molecule is C[C@H](N)C(=O)N[C@@H](C)C(=O)Nc1ccccc1Oc1cccc2c1C[C@](NC(=O)OC(C)(C)C)(OC(=O)O)CC2. The van der Waals surface area contributed by atoms with Crippen LogP contribution in [0.3, 0.4) is 0 Å². The van der Waals surface area contributed by atoms with Gasteiger partial charge in [0.2, 0.25) is 11.8 Å². The Bertz CT molecular complexity index is 1270. The van der Waals surface area contributed by atoms with Crippen molar-refractivity contribution in [3.8, 4) is 11.5 Å². The van der Waals surface area contributed by atoms with E-state index in [4.69, 9.17) is 19.9 Å². The molecule has 1 aliphatic carbocycles. The quantitative estimate of drug-likeness (QED) is 0.240. The van der Waals surface area contributed by atoms with Crippen LogP contribution in [0.2, 0.25) is 0 Å². The van der Waals surface area contributed by atoms with Crippen molar-refractivity contribution in [2.45, 2.75) is 77.3 Å². The van der Waals surface area contributed by atoms with E-state index < -0.39 is 47.5 Å². The first-order valence-corrected chi connectivity index (χ1v) is 12.9. The number of carbonyl (C=O) groups is 4. The predicted molar refractivity (Wildman–Crippen MR) is 146 cm³/mol. The highest BCUT2D eigenvalue weighted by Gasteiger charge is 2.42. The fourth-order valence-corrected chi connectivity index (χ4v) is 4.16. The molecule has 2 aromatic carbocycles. The fraction of sp³-hybridized carbons (Fsp3) is 0.429. The summed E-state index contributed by atoms with van der Waals surface area (Å²) in [4.78, 5) is 48.9. The van der Waals surface area contributed by atoms with Crippen molar-refractivity contribution in [3.63, 3.8) is 0 Å². The van der Waals surface area contributed by atoms with E-state index in [-0.39, 0.29) is 12.8 Å². The normalized spacial score (nSPS) is 17.9. The zero-order valence-electron chi connectivity index (χ0n) is 23.2. The molecule has 3 amide bonds. The third kappa shape index (κ3) is 8.09. The van der Waals surface area contributed by atoms with Crippen molar-refractivity contribution in [3.05, 3.63) is 53.6 Å². The Kier molecular flexibility index (Phi) is 9.25. The Labute approximate surface area is 232 Å². The van der Waals surface area contributed by atoms with Gasteiger partial charge in [-0.2, -0.15) is 0 Å². The molecule has 6 N–H and O–H groups in total. The van der Waals surface area contributed by atoms with E-state index in [2.05, 4.69) is 16.0 Å². The number of carbonyl (C=O) groups excluding carboxylic acids is 3. The maximum absolute atomic E-state index is 12.8. The first kappa shape index (κ1) is 30.2. The van der Waals surface area contributed by atoms with Crippen LogP contribution in [0.1, 0.15) is 52.2 Å². The number of carboxylic acid groups (broad SMARTS) is 1. The van der Waals surface area contributed by atoms with Crippen LogP contribution in [0, 0.1) is 0 Å². The number of fused-ring (bicyclic) bond motifs is 1. The van der Waals surface area contributed by atoms with E-state index >= 15 is 0 Å². The summed E-state index contributed by atoms with van der Waals surface area (Å²) < 4.78 is 16.8. The zero-order chi connectivity index (χ0) is 29.7. The van der Waals surface area contributed by atoms with Crippen LogP contribution in [0.5, 0.6) is 11.5 Å². The monoisotopic (exact) mass is 556 g/mol. The van der Waals surface area contributed by atoms with Crippen molar-refractivity contribution >= 4 is 29.8 Å². The Morgan fingerprint density at radius 1 is 1.00 bits per heavy atom. The number of aryl methyl sites for hydroxylation is 1. The molecule has 1 aliphatic rings. The summed E-state index contributed by atoms with van der Waals surface area (Å²) in [7, 11) is 0. The number of hydrogen-bond acceptors (Lipinski definition) is 8. The number of anilines is 1. The van der Waals surface area contributed by atoms with Crippen molar-refractivity contribution in [2.75, 3.05) is 5.32 Å². The maximum Gasteiger partial charge on any atom is 0.507 e. The third-order valence-corrected chi connectivity index (χ3v) is 6.03. The van der Waals surface area contributed by atoms with E-state index in [1.54, 1.807) is 57.2 Å². The minimum Gasteiger partial charge on any atom is -0.455 e. The molecule has 2 aromatic rings. The second-order valence-electron chi connectivity index (χ2n) is 10.7. The molecule has 0 aliphatic heterocycles. The lowest BCUT2D eigenvalue weighted by molar-refractivity contribution is -0.126. The molecule has 12 heteroatoms. The van der Waals surface area contributed by atoms with Crippen LogP contribution in [0.15, 0.2) is 42.5 Å². The minimum absolute atomic E-state index is 0.0150. The number of hydrogen-bond donors (Lipinski definition) is 5. The Balaban J connectivity index is 1.86. The van der Waals surface area contributed by atoms with Gasteiger partial charge in [0.1, 0.15) is 17.4 Å². The number of rotatable bonds is 8. The molecule has 3 atom stereocenters. The summed E-state index contributed by atoms with van der Waals surface area (Å²) in [5.74, 6) is -0.238. The van der Waals surface area contributed by atoms with Crippen molar-refractivity contribution in [1.29, 1.82) is 0 Å². The molecule has 0 heterocycles. The summed E-state index contributed by atoms with van der Waals surface area (Å²) in [6.45, 7) is 8.14. The molecule has 0 spiro atoms. The average Bonchev–Trinajstić information content (AvgIpc) is 2.83. The van der Waals surface area contributed by atoms with E-state index in [0.29, 0.717) is 29.2 Å². The summed E-state index contributed by atoms with van der Waals surface area (Å²) in [6, 6.07) is 10.5. The number of nitrogens with two attached hydrogens (primary N) is 1. The first-order chi connectivity index (χ1) is 18.7. The first-order valence-electron chi connectivity index (χ1n) is 12.9. The van der Waals surface area contributed by atoms with Crippen LogP contribution in [-0.2, 0) is 31.9 Å². The number of ether oxygens (including phenoxy) is 3. The molecule has 0 bridgehead atoms. The molecule has 12 nitrogen and oxygen atoms in total. The van der Waals surface area contributed by atoms with E-state index in [1.165, 1.54) is 13.8 Å². The van der Waals surface area contributed by atoms with Crippen molar-refractivity contribution < 1.29 is 38.5 Å². The molecule has 0 radical (unpaired) electrons. The molecule has 0 aromatic heterocycles. The summed E-state index contributed by atoms with van der Waals surface area (Å²) >= 11 is 0. The van der Waals surface area contributed by atoms with E-state index in [1.807, 2.05) is 6.07 Å². The second kappa shape index (κ2) is 12.2. The third-order valence-electron chi connectivity index (χ3n) is 6.03. The van der Waals surface area contributed by atoms with Crippen LogP contribution >= 0.6 is 0 Å². The Morgan fingerprint density at radius 3 is 2.33 bits per heavy atom. The van der Waals surface area contributed by atoms with E-state index in [9.17, 15) is 24.3 Å². The molecule has 0 saturated heterocycles. The molecular weight excluding hydrogens is 520 g/mol. The fourth-order valence-electron chi connectivity index (χ4n) is 4.16. The number of alkyl carbamates (subject to hydrolysis) is 1. The van der Waals surface area contributed by atoms with Gasteiger partial charge in [-0.3, -0.25) is 14.9 Å². The number of amides is 3. The average molecular weight is 557 g/mol. The van der Waals surface area contributed by atoms with Crippen molar-refractivity contribution in [2.24, 2.45) is 5.73 Å². The van der Waals surface area contributed by atoms with Gasteiger partial charge >= 0.3 is 12.2 Å². The summed E-state index contributed by atoms with van der Waals surface area (Å²) in [5, 5.41) is 17.4. The van der Waals surface area contributed by atoms with Gasteiger partial charge in [0, 0.05) is 18.4 Å². The van der Waals surface area contributed by atoms with Gasteiger partial charge in [0.25, 0.3) is 0 Å². The van der Waals surface area contributed by atoms with Crippen LogP contribution < -0.4 is 26.4 Å². The molecule has 40 heavy (non-hydrogen) atoms. The number of benzene rings is 2. The number of para-hydroxylation sites is 2. The maximum atomic E-state index is 12.8. The Morgan fingerprint density at radius 2 is 1.68 bits per heavy atom. The lowest BCUT2D eigenvalue weighted by Gasteiger charge is -2.38. The standard InChI is InChI=1S/C28H36N4O8/c1-16(29)23(33)30-17(2)24(34)31-20-10-6-7-11-22(20)38-21-12-8-9-18-13-14-28(15-19(18)21,40-26(36)37)32-25(35)39-27(3,4)5/h6-12,16-17H,13-15,29H2,1-5H3,(H,30,33)(H,31,34)(H,32,35)(H,36,37)/t16-,17-,28+/m0/s1. The molecule has 0 unspecified atom stereocenters. The molecule has 3 rings (SSSR count). The minimum atomic E-state index is -1.58. The summed E-state index contributed by atoms with van der Waals surface area (Å²) in [6.07, 6.45) is -1.79. The van der Waals surface area contributed by atoms with Gasteiger partial charge in [-0.25, -0.2) is 9.59 Å². The largest absolute Gasteiger partial charge is 0.507 e. The number of nitrogens with one attached hydrogen (secondary N) is 3. The zero-order valence-corrected chi connectivity index (χ0v) is 23.2. The molecule has 0 fully saturated rings. The van der Waals surface area contributed by atoms with Gasteiger partial charge < -0.3 is 35.7 Å². The van der Waals surface area contributed by atoms with E-state index in [0.717, 1.165) is 5.56 Å². The lowest BCUT2D eigenvalue weighted by atomic mass is 9.85. The van der Waals surface area contributed by atoms with Gasteiger partial charge in [0.05, 0.1) is 11.7 Å². The van der Waals surface area contributed by atoms with Gasteiger partial charge in [-0.15, -0.1) is 0 Å². The smallest absolute Gasteiger partial charge is 0.455 e. The topological polar surface area (TPSA) is 178 Å². The van der Waals surface area contributed by atoms with Crippen LogP contribution in [0.25, 0.3) is 0 Å². The highest BCUT2D eigenvalue weighted by molar-refractivity contribution is 5.98. The molecule has 216 valence electrons. The summed E-state index contributed by atoms with van der Waals surface area (Å²) in [5.41, 5.74) is 5.06. The lowest BCUT2D eigenvalue weighted by Crippen LogP contribution is -2.56. The predicted octanol–water partition coefficient (Wildman–Crippen LogP) is 3.67. The van der Waals surface area contributed by atoms with Crippen molar-refractivity contribution in [1.82, 2.24) is 10.6 Å². The van der Waals surface area contributed by atoms with Gasteiger partial charge in [0.15, 0.2) is 11.5 Å². The highest BCUT2D eigenvalue weighted by atomic mass is 16.7. The van der Waals surface area contributed by atoms with Crippen LogP contribution in [-0.4, -0.2) is 52.6 Å². The highest BCUT2D eigenvalue weighted by Crippen LogP contribution is 2.39. The van der Waals surface area contributed by atoms with Gasteiger partial charge in [-0.1, -0.05) is 24.3 Å². The molecular formula is C28H36N4O8. The Hall–Kier alpha value is -4.32. The molecule has 0 saturated carbocycles. The second-order valence-corrected chi connectivity index (χ2v) is 10.7. The van der Waals surface area contributed by atoms with Gasteiger partial charge in [-0.05, 0) is 64.8 Å².